The maximum absolute atomic E-state index is 12.3. The lowest BCUT2D eigenvalue weighted by atomic mass is 10.3. The monoisotopic (exact) mass is 367 g/mol. The zero-order valence-electron chi connectivity index (χ0n) is 11.6. The summed E-state index contributed by atoms with van der Waals surface area (Å²) >= 11 is 3.24. The van der Waals surface area contributed by atoms with Crippen molar-refractivity contribution >= 4 is 26.0 Å². The molecule has 0 spiro atoms. The van der Waals surface area contributed by atoms with Crippen molar-refractivity contribution in [2.75, 3.05) is 34.5 Å². The van der Waals surface area contributed by atoms with Crippen molar-refractivity contribution in [3.63, 3.8) is 0 Å². The number of ether oxygens (including phenoxy) is 3. The zero-order valence-corrected chi connectivity index (χ0v) is 14.0. The summed E-state index contributed by atoms with van der Waals surface area (Å²) in [5.41, 5.74) is 0. The summed E-state index contributed by atoms with van der Waals surface area (Å²) in [6.45, 7) is 0.414. The Bertz CT molecular complexity index is 535. The Morgan fingerprint density at radius 3 is 2.55 bits per heavy atom. The normalized spacial score (nSPS) is 13.2. The second kappa shape index (κ2) is 7.94. The van der Waals surface area contributed by atoms with Gasteiger partial charge in [0.15, 0.2) is 0 Å². The van der Waals surface area contributed by atoms with Gasteiger partial charge in [-0.1, -0.05) is 15.9 Å². The van der Waals surface area contributed by atoms with Crippen LogP contribution in [-0.4, -0.2) is 49.0 Å². The molecular weight excluding hydrogens is 350 g/mol. The molecule has 1 atom stereocenters. The first kappa shape index (κ1) is 17.4. The lowest BCUT2D eigenvalue weighted by Crippen LogP contribution is -2.35. The Morgan fingerprint density at radius 2 is 2.00 bits per heavy atom. The van der Waals surface area contributed by atoms with Gasteiger partial charge in [-0.2, -0.15) is 0 Å². The molecule has 1 unspecified atom stereocenters. The number of benzene rings is 1. The third-order valence-corrected chi connectivity index (χ3v) is 4.54. The highest BCUT2D eigenvalue weighted by Gasteiger charge is 2.21. The van der Waals surface area contributed by atoms with E-state index in [1.165, 1.54) is 27.4 Å². The predicted octanol–water partition coefficient (Wildman–Crippen LogP) is 1.40. The van der Waals surface area contributed by atoms with Crippen molar-refractivity contribution in [2.24, 2.45) is 0 Å². The van der Waals surface area contributed by atoms with Gasteiger partial charge in [-0.3, -0.25) is 0 Å². The summed E-state index contributed by atoms with van der Waals surface area (Å²) in [7, 11) is 0.756. The van der Waals surface area contributed by atoms with Crippen LogP contribution >= 0.6 is 15.9 Å². The van der Waals surface area contributed by atoms with E-state index in [1.54, 1.807) is 12.1 Å². The summed E-state index contributed by atoms with van der Waals surface area (Å²) in [5, 5.41) is 0. The Balaban J connectivity index is 2.91. The minimum Gasteiger partial charge on any atom is -0.495 e. The fourth-order valence-electron chi connectivity index (χ4n) is 1.54. The summed E-state index contributed by atoms with van der Waals surface area (Å²) in [6.07, 6.45) is -0.354. The molecule has 0 saturated heterocycles. The van der Waals surface area contributed by atoms with Crippen LogP contribution in [0, 0.1) is 0 Å². The van der Waals surface area contributed by atoms with Crippen LogP contribution in [-0.2, 0) is 19.5 Å². The third-order valence-electron chi connectivity index (χ3n) is 2.60. The highest BCUT2D eigenvalue weighted by atomic mass is 79.9. The fraction of sp³-hybridized carbons (Fsp3) is 0.500. The highest BCUT2D eigenvalue weighted by Crippen LogP contribution is 2.26. The lowest BCUT2D eigenvalue weighted by Gasteiger charge is -2.16. The molecule has 0 aliphatic carbocycles. The van der Waals surface area contributed by atoms with Gasteiger partial charge in [0.25, 0.3) is 0 Å². The van der Waals surface area contributed by atoms with E-state index in [2.05, 4.69) is 20.7 Å². The second-order valence-electron chi connectivity index (χ2n) is 3.96. The molecule has 0 aliphatic heterocycles. The van der Waals surface area contributed by atoms with Gasteiger partial charge < -0.3 is 14.2 Å². The van der Waals surface area contributed by atoms with Crippen molar-refractivity contribution in [3.8, 4) is 5.75 Å². The van der Waals surface area contributed by atoms with Crippen LogP contribution in [0.5, 0.6) is 5.75 Å². The minimum atomic E-state index is -3.69. The van der Waals surface area contributed by atoms with Crippen LogP contribution in [0.25, 0.3) is 0 Å². The van der Waals surface area contributed by atoms with Crippen LogP contribution in [0.1, 0.15) is 0 Å². The average Bonchev–Trinajstić information content (AvgIpc) is 2.43. The smallest absolute Gasteiger partial charge is 0.244 e. The molecule has 1 aromatic rings. The molecule has 1 aromatic carbocycles. The van der Waals surface area contributed by atoms with Gasteiger partial charge in [0.1, 0.15) is 10.6 Å². The van der Waals surface area contributed by atoms with Crippen LogP contribution in [0.4, 0.5) is 0 Å². The first-order valence-corrected chi connectivity index (χ1v) is 8.07. The number of methoxy groups -OCH3 is 3. The molecule has 1 rings (SSSR count). The molecule has 114 valence electrons. The molecule has 20 heavy (non-hydrogen) atoms. The minimum absolute atomic E-state index is 0.0710. The van der Waals surface area contributed by atoms with Crippen molar-refractivity contribution in [1.29, 1.82) is 0 Å². The maximum atomic E-state index is 12.3. The number of rotatable bonds is 8. The van der Waals surface area contributed by atoms with Crippen molar-refractivity contribution in [3.05, 3.63) is 22.7 Å². The summed E-state index contributed by atoms with van der Waals surface area (Å²) < 4.78 is 42.8. The Hall–Kier alpha value is -0.670. The van der Waals surface area contributed by atoms with Crippen molar-refractivity contribution in [2.45, 2.75) is 11.0 Å². The Morgan fingerprint density at radius 1 is 1.30 bits per heavy atom. The topological polar surface area (TPSA) is 73.9 Å². The molecule has 0 radical (unpaired) electrons. The fourth-order valence-corrected chi connectivity index (χ4v) is 3.31. The molecule has 0 bridgehead atoms. The Kier molecular flexibility index (Phi) is 6.90. The molecule has 0 heterocycles. The van der Waals surface area contributed by atoms with Gasteiger partial charge in [-0.15, -0.1) is 0 Å². The second-order valence-corrected chi connectivity index (χ2v) is 6.61. The zero-order chi connectivity index (χ0) is 15.2. The molecule has 0 aliphatic rings. The van der Waals surface area contributed by atoms with E-state index in [1.807, 2.05) is 0 Å². The van der Waals surface area contributed by atoms with E-state index in [0.717, 1.165) is 0 Å². The van der Waals surface area contributed by atoms with E-state index in [-0.39, 0.29) is 23.3 Å². The first-order chi connectivity index (χ1) is 9.44. The van der Waals surface area contributed by atoms with E-state index < -0.39 is 10.0 Å². The highest BCUT2D eigenvalue weighted by molar-refractivity contribution is 9.10. The third kappa shape index (κ3) is 4.71. The van der Waals surface area contributed by atoms with Gasteiger partial charge in [-0.25, -0.2) is 13.1 Å². The van der Waals surface area contributed by atoms with E-state index in [4.69, 9.17) is 14.2 Å². The number of halogens is 1. The van der Waals surface area contributed by atoms with E-state index in [9.17, 15) is 8.42 Å². The summed E-state index contributed by atoms with van der Waals surface area (Å²) in [4.78, 5) is 0.0710. The van der Waals surface area contributed by atoms with E-state index in [0.29, 0.717) is 11.1 Å². The van der Waals surface area contributed by atoms with Gasteiger partial charge in [0.2, 0.25) is 10.0 Å². The lowest BCUT2D eigenvalue weighted by molar-refractivity contribution is 0.0320. The number of nitrogens with one attached hydrogen (secondary N) is 1. The maximum Gasteiger partial charge on any atom is 0.244 e. The van der Waals surface area contributed by atoms with Crippen LogP contribution in [0.3, 0.4) is 0 Å². The van der Waals surface area contributed by atoms with Crippen LogP contribution in [0.15, 0.2) is 27.6 Å². The molecule has 8 heteroatoms. The standard InChI is InChI=1S/C12H18BrNO5S/c1-17-8-10(18-2)7-14-20(15,16)12-6-9(13)4-5-11(12)19-3/h4-6,10,14H,7-8H2,1-3H3. The SMILES string of the molecule is COCC(CNS(=O)(=O)c1cc(Br)ccc1OC)OC. The largest absolute Gasteiger partial charge is 0.495 e. The number of hydrogen-bond acceptors (Lipinski definition) is 5. The van der Waals surface area contributed by atoms with Gasteiger partial charge in [-0.05, 0) is 18.2 Å². The Labute approximate surface area is 127 Å². The first-order valence-electron chi connectivity index (χ1n) is 5.79. The van der Waals surface area contributed by atoms with Gasteiger partial charge in [0.05, 0.1) is 19.8 Å². The molecule has 0 fully saturated rings. The quantitative estimate of drug-likeness (QED) is 0.751. The van der Waals surface area contributed by atoms with Crippen LogP contribution in [0.2, 0.25) is 0 Å². The summed E-state index contributed by atoms with van der Waals surface area (Å²) in [6, 6.07) is 4.78. The number of sulfonamides is 1. The van der Waals surface area contributed by atoms with Crippen molar-refractivity contribution < 1.29 is 22.6 Å². The van der Waals surface area contributed by atoms with Gasteiger partial charge >= 0.3 is 0 Å². The van der Waals surface area contributed by atoms with Gasteiger partial charge in [0, 0.05) is 25.2 Å². The summed E-state index contributed by atoms with van der Waals surface area (Å²) in [5.74, 6) is 0.279. The molecule has 0 aromatic heterocycles. The predicted molar refractivity (Wildman–Crippen MR) is 78.6 cm³/mol. The average molecular weight is 368 g/mol. The van der Waals surface area contributed by atoms with Crippen LogP contribution < -0.4 is 9.46 Å². The van der Waals surface area contributed by atoms with E-state index >= 15 is 0 Å². The molecule has 0 amide bonds. The molecule has 1 N–H and O–H groups in total. The molecular formula is C12H18BrNO5S. The molecule has 6 nitrogen and oxygen atoms in total. The van der Waals surface area contributed by atoms with Crippen molar-refractivity contribution in [1.82, 2.24) is 4.72 Å². The molecule has 0 saturated carbocycles. The number of hydrogen-bond donors (Lipinski definition) is 1.